The molecule has 0 aromatic heterocycles. The summed E-state index contributed by atoms with van der Waals surface area (Å²) in [5.41, 5.74) is -1.18. The number of alkyl carbamates (subject to hydrolysis) is 1. The van der Waals surface area contributed by atoms with Gasteiger partial charge in [0, 0.05) is 11.1 Å². The molecule has 0 aliphatic rings. The molecule has 0 radical (unpaired) electrons. The lowest BCUT2D eigenvalue weighted by Gasteiger charge is -2.43. The Morgan fingerprint density at radius 1 is 0.971 bits per heavy atom. The van der Waals surface area contributed by atoms with Crippen LogP contribution in [0.5, 0.6) is 0 Å². The van der Waals surface area contributed by atoms with E-state index in [1.165, 1.54) is 0 Å². The Balaban J connectivity index is 3.49. The van der Waals surface area contributed by atoms with Gasteiger partial charge in [-0.15, -0.1) is 0 Å². The van der Waals surface area contributed by atoms with Crippen molar-refractivity contribution < 1.29 is 19.1 Å². The van der Waals surface area contributed by atoms with Crippen LogP contribution in [0.1, 0.15) is 80.3 Å². The summed E-state index contributed by atoms with van der Waals surface area (Å²) >= 11 is 1.58. The van der Waals surface area contributed by atoms with Crippen LogP contribution < -0.4 is 10.6 Å². The van der Waals surface area contributed by atoms with E-state index in [9.17, 15) is 14.4 Å². The first-order chi connectivity index (χ1) is 15.5. The molecule has 2 unspecified atom stereocenters. The molecule has 3 amide bonds. The van der Waals surface area contributed by atoms with E-state index in [-0.39, 0.29) is 11.8 Å². The maximum Gasteiger partial charge on any atom is 0.408 e. The SMILES string of the molecule is CSCCC(NC(=O)OC(C)(C)C)C(=O)N(C(C(=O)NC(C)(C)C)c1ccccc1)C(C)(C)C. The molecule has 0 saturated heterocycles. The molecule has 0 fully saturated rings. The third kappa shape index (κ3) is 9.95. The number of hydrogen-bond acceptors (Lipinski definition) is 5. The van der Waals surface area contributed by atoms with Crippen molar-refractivity contribution in [2.45, 2.75) is 97.5 Å². The van der Waals surface area contributed by atoms with Gasteiger partial charge in [0.15, 0.2) is 0 Å². The molecule has 0 aliphatic heterocycles. The van der Waals surface area contributed by atoms with Crippen LogP contribution >= 0.6 is 11.8 Å². The van der Waals surface area contributed by atoms with Gasteiger partial charge in [-0.2, -0.15) is 11.8 Å². The highest BCUT2D eigenvalue weighted by Crippen LogP contribution is 2.31. The van der Waals surface area contributed by atoms with E-state index < -0.39 is 34.9 Å². The van der Waals surface area contributed by atoms with Gasteiger partial charge in [-0.3, -0.25) is 9.59 Å². The third-order valence-corrected chi connectivity index (χ3v) is 5.32. The average molecular weight is 494 g/mol. The van der Waals surface area contributed by atoms with Crippen molar-refractivity contribution in [1.82, 2.24) is 15.5 Å². The van der Waals surface area contributed by atoms with Crippen molar-refractivity contribution in [3.8, 4) is 0 Å². The number of thioether (sulfide) groups is 1. The van der Waals surface area contributed by atoms with Crippen LogP contribution in [-0.2, 0) is 14.3 Å². The third-order valence-electron chi connectivity index (χ3n) is 4.68. The predicted molar refractivity (Wildman–Crippen MR) is 140 cm³/mol. The minimum Gasteiger partial charge on any atom is -0.444 e. The maximum atomic E-state index is 14.0. The summed E-state index contributed by atoms with van der Waals surface area (Å²) in [5.74, 6) is 0.0576. The maximum absolute atomic E-state index is 14.0. The summed E-state index contributed by atoms with van der Waals surface area (Å²) in [6, 6.07) is 7.55. The van der Waals surface area contributed by atoms with Crippen molar-refractivity contribution in [3.63, 3.8) is 0 Å². The summed E-state index contributed by atoms with van der Waals surface area (Å²) in [5, 5.41) is 5.79. The molecule has 1 rings (SSSR count). The molecule has 34 heavy (non-hydrogen) atoms. The molecule has 7 nitrogen and oxygen atoms in total. The minimum atomic E-state index is -0.870. The van der Waals surface area contributed by atoms with E-state index in [0.717, 1.165) is 0 Å². The smallest absolute Gasteiger partial charge is 0.408 e. The number of nitrogens with zero attached hydrogens (tertiary/aromatic N) is 1. The molecule has 2 N–H and O–H groups in total. The zero-order chi connectivity index (χ0) is 26.3. The van der Waals surface area contributed by atoms with Crippen LogP contribution in [0.15, 0.2) is 30.3 Å². The number of benzene rings is 1. The van der Waals surface area contributed by atoms with E-state index >= 15 is 0 Å². The molecule has 2 atom stereocenters. The number of carbonyl (C=O) groups excluding carboxylic acids is 3. The van der Waals surface area contributed by atoms with Gasteiger partial charge in [-0.25, -0.2) is 4.79 Å². The zero-order valence-electron chi connectivity index (χ0n) is 22.4. The van der Waals surface area contributed by atoms with E-state index in [1.54, 1.807) is 37.4 Å². The highest BCUT2D eigenvalue weighted by molar-refractivity contribution is 7.98. The van der Waals surface area contributed by atoms with Gasteiger partial charge in [0.2, 0.25) is 11.8 Å². The first-order valence-electron chi connectivity index (χ1n) is 11.6. The molecule has 0 aliphatic carbocycles. The van der Waals surface area contributed by atoms with Crippen molar-refractivity contribution in [3.05, 3.63) is 35.9 Å². The average Bonchev–Trinajstić information content (AvgIpc) is 2.65. The Hall–Kier alpha value is -2.22. The lowest BCUT2D eigenvalue weighted by atomic mass is 9.94. The largest absolute Gasteiger partial charge is 0.444 e. The Morgan fingerprint density at radius 2 is 1.53 bits per heavy atom. The van der Waals surface area contributed by atoms with Gasteiger partial charge < -0.3 is 20.3 Å². The van der Waals surface area contributed by atoms with Gasteiger partial charge in [0.05, 0.1) is 0 Å². The fourth-order valence-electron chi connectivity index (χ4n) is 3.45. The van der Waals surface area contributed by atoms with Crippen molar-refractivity contribution in [2.75, 3.05) is 12.0 Å². The molecular formula is C26H43N3O4S. The van der Waals surface area contributed by atoms with Crippen molar-refractivity contribution in [2.24, 2.45) is 0 Å². The van der Waals surface area contributed by atoms with Crippen LogP contribution in [0.3, 0.4) is 0 Å². The van der Waals surface area contributed by atoms with Gasteiger partial charge in [-0.1, -0.05) is 30.3 Å². The number of amides is 3. The van der Waals surface area contributed by atoms with E-state index in [2.05, 4.69) is 10.6 Å². The summed E-state index contributed by atoms with van der Waals surface area (Å²) in [6.07, 6.45) is 1.70. The van der Waals surface area contributed by atoms with Gasteiger partial charge in [0.1, 0.15) is 17.7 Å². The molecule has 0 spiro atoms. The zero-order valence-corrected chi connectivity index (χ0v) is 23.3. The molecule has 0 saturated carbocycles. The summed E-state index contributed by atoms with van der Waals surface area (Å²) in [6.45, 7) is 16.7. The van der Waals surface area contributed by atoms with E-state index in [0.29, 0.717) is 17.7 Å². The van der Waals surface area contributed by atoms with Gasteiger partial charge in [0.25, 0.3) is 0 Å². The first-order valence-corrected chi connectivity index (χ1v) is 13.0. The quantitative estimate of drug-likeness (QED) is 0.537. The highest BCUT2D eigenvalue weighted by atomic mass is 32.2. The van der Waals surface area contributed by atoms with Crippen molar-refractivity contribution >= 4 is 29.7 Å². The monoisotopic (exact) mass is 493 g/mol. The van der Waals surface area contributed by atoms with Crippen molar-refractivity contribution in [1.29, 1.82) is 0 Å². The second-order valence-electron chi connectivity index (χ2n) is 11.4. The fraction of sp³-hybridized carbons (Fsp3) is 0.654. The fourth-order valence-corrected chi connectivity index (χ4v) is 3.92. The van der Waals surface area contributed by atoms with Crippen LogP contribution in [0.4, 0.5) is 4.79 Å². The Labute approximate surface area is 209 Å². The number of carbonyl (C=O) groups is 3. The molecule has 0 bridgehead atoms. The van der Waals surface area contributed by atoms with Crippen LogP contribution in [0.25, 0.3) is 0 Å². The van der Waals surface area contributed by atoms with Crippen LogP contribution in [0.2, 0.25) is 0 Å². The second kappa shape index (κ2) is 12.0. The summed E-state index contributed by atoms with van der Waals surface area (Å²) in [7, 11) is 0. The normalized spacial score (nSPS) is 14.1. The number of ether oxygens (including phenoxy) is 1. The number of hydrogen-bond donors (Lipinski definition) is 2. The van der Waals surface area contributed by atoms with Crippen LogP contribution in [-0.4, -0.2) is 57.5 Å². The minimum absolute atomic E-state index is 0.275. The first kappa shape index (κ1) is 29.8. The molecule has 8 heteroatoms. The number of rotatable bonds is 8. The summed E-state index contributed by atoms with van der Waals surface area (Å²) < 4.78 is 5.42. The predicted octanol–water partition coefficient (Wildman–Crippen LogP) is 4.92. The second-order valence-corrected chi connectivity index (χ2v) is 12.4. The standard InChI is InChI=1S/C26H43N3O4S/c1-24(2,3)28-21(30)20(18-14-12-11-13-15-18)29(25(4,5)6)22(31)19(16-17-34-10)27-23(32)33-26(7,8)9/h11-15,19-20H,16-17H2,1-10H3,(H,27,32)(H,28,30). The Morgan fingerprint density at radius 3 is 1.97 bits per heavy atom. The Kier molecular flexibility index (Phi) is 10.5. The Bertz CT molecular complexity index is 823. The lowest BCUT2D eigenvalue weighted by Crippen LogP contribution is -2.59. The number of nitrogens with one attached hydrogen (secondary N) is 2. The molecular weight excluding hydrogens is 450 g/mol. The highest BCUT2D eigenvalue weighted by Gasteiger charge is 2.42. The molecule has 0 heterocycles. The topological polar surface area (TPSA) is 87.7 Å². The molecule has 192 valence electrons. The van der Waals surface area contributed by atoms with E-state index in [1.807, 2.05) is 78.1 Å². The summed E-state index contributed by atoms with van der Waals surface area (Å²) in [4.78, 5) is 41.8. The van der Waals surface area contributed by atoms with Gasteiger partial charge in [-0.05, 0) is 86.3 Å². The molecule has 1 aromatic rings. The molecule has 1 aromatic carbocycles. The van der Waals surface area contributed by atoms with E-state index in [4.69, 9.17) is 4.74 Å². The van der Waals surface area contributed by atoms with Crippen LogP contribution in [0, 0.1) is 0 Å². The lowest BCUT2D eigenvalue weighted by molar-refractivity contribution is -0.149. The van der Waals surface area contributed by atoms with Gasteiger partial charge >= 0.3 is 6.09 Å².